The summed E-state index contributed by atoms with van der Waals surface area (Å²) in [5, 5.41) is 10.1. The number of aromatic carboxylic acids is 1. The van der Waals surface area contributed by atoms with Crippen molar-refractivity contribution in [3.8, 4) is 0 Å². The van der Waals surface area contributed by atoms with Crippen molar-refractivity contribution < 1.29 is 14.7 Å². The van der Waals surface area contributed by atoms with Gasteiger partial charge in [-0.25, -0.2) is 4.79 Å². The minimum Gasteiger partial charge on any atom is -0.478 e. The molecule has 5 heteroatoms. The number of nitrogens with zero attached hydrogens (tertiary/aromatic N) is 1. The largest absolute Gasteiger partial charge is 0.478 e. The van der Waals surface area contributed by atoms with Crippen LogP contribution in [0.3, 0.4) is 0 Å². The molecule has 0 aliphatic carbocycles. The van der Waals surface area contributed by atoms with E-state index in [1.165, 1.54) is 6.07 Å². The van der Waals surface area contributed by atoms with Crippen molar-refractivity contribution in [1.82, 2.24) is 0 Å². The monoisotopic (exact) mass is 415 g/mol. The zero-order valence-electron chi connectivity index (χ0n) is 16.2. The van der Waals surface area contributed by atoms with Gasteiger partial charge in [-0.2, -0.15) is 0 Å². The predicted molar refractivity (Wildman–Crippen MR) is 119 cm³/mol. The Morgan fingerprint density at radius 3 is 2.33 bits per heavy atom. The number of carboxylic acids is 1. The topological polar surface area (TPSA) is 57.6 Å². The number of anilines is 1. The van der Waals surface area contributed by atoms with Crippen LogP contribution < -0.4 is 4.90 Å². The number of halogens is 1. The fraction of sp³-hybridized carbons (Fsp3) is 0.0400. The Balaban J connectivity index is 1.88. The fourth-order valence-electron chi connectivity index (χ4n) is 3.51. The molecule has 0 aromatic heterocycles. The van der Waals surface area contributed by atoms with Gasteiger partial charge in [0.2, 0.25) is 0 Å². The van der Waals surface area contributed by atoms with Crippen molar-refractivity contribution in [2.24, 2.45) is 0 Å². The van der Waals surface area contributed by atoms with Crippen LogP contribution >= 0.6 is 11.6 Å². The van der Waals surface area contributed by atoms with Crippen molar-refractivity contribution in [3.63, 3.8) is 0 Å². The van der Waals surface area contributed by atoms with Crippen molar-refractivity contribution >= 4 is 40.9 Å². The number of hydrogen-bond acceptors (Lipinski definition) is 2. The molecule has 0 unspecified atom stereocenters. The van der Waals surface area contributed by atoms with E-state index < -0.39 is 5.97 Å². The van der Waals surface area contributed by atoms with E-state index >= 15 is 0 Å². The maximum atomic E-state index is 13.4. The van der Waals surface area contributed by atoms with Crippen LogP contribution in [-0.4, -0.2) is 17.0 Å². The molecule has 0 atom stereocenters. The van der Waals surface area contributed by atoms with Crippen molar-refractivity contribution in [2.45, 2.75) is 6.92 Å². The standard InChI is InChI=1S/C25H18ClNO3/c1-16-21(25(29)30)8-5-9-22(16)27-23(18-10-12-20(26)13-11-18)15-19(24(27)28)14-17-6-3-2-4-7-17/h2-15H,1H3,(H,29,30)/b19-14+. The zero-order chi connectivity index (χ0) is 21.3. The summed E-state index contributed by atoms with van der Waals surface area (Å²) < 4.78 is 0. The number of carbonyl (C=O) groups excluding carboxylic acids is 1. The normalized spacial score (nSPS) is 14.9. The molecular weight excluding hydrogens is 398 g/mol. The third kappa shape index (κ3) is 3.65. The summed E-state index contributed by atoms with van der Waals surface area (Å²) in [5.74, 6) is -1.24. The van der Waals surface area contributed by atoms with Crippen LogP contribution in [0.25, 0.3) is 11.8 Å². The van der Waals surface area contributed by atoms with E-state index in [2.05, 4.69) is 0 Å². The lowest BCUT2D eigenvalue weighted by Crippen LogP contribution is -2.26. The molecule has 1 amide bonds. The lowest BCUT2D eigenvalue weighted by atomic mass is 10.0. The first-order valence-electron chi connectivity index (χ1n) is 9.37. The lowest BCUT2D eigenvalue weighted by molar-refractivity contribution is -0.113. The molecular formula is C25H18ClNO3. The zero-order valence-corrected chi connectivity index (χ0v) is 16.9. The van der Waals surface area contributed by atoms with E-state index in [1.807, 2.05) is 54.6 Å². The summed E-state index contributed by atoms with van der Waals surface area (Å²) in [7, 11) is 0. The second kappa shape index (κ2) is 8.01. The molecule has 0 saturated carbocycles. The van der Waals surface area contributed by atoms with E-state index in [9.17, 15) is 14.7 Å². The van der Waals surface area contributed by atoms with Gasteiger partial charge in [-0.1, -0.05) is 60.1 Å². The van der Waals surface area contributed by atoms with Gasteiger partial charge in [0.15, 0.2) is 0 Å². The first kappa shape index (κ1) is 19.7. The van der Waals surface area contributed by atoms with E-state index in [4.69, 9.17) is 11.6 Å². The van der Waals surface area contributed by atoms with Gasteiger partial charge in [0, 0.05) is 10.6 Å². The highest BCUT2D eigenvalue weighted by atomic mass is 35.5. The van der Waals surface area contributed by atoms with Gasteiger partial charge in [0.25, 0.3) is 5.91 Å². The SMILES string of the molecule is Cc1c(C(=O)O)cccc1N1C(=O)/C(=C/c2ccccc2)C=C1c1ccc(Cl)cc1. The first-order chi connectivity index (χ1) is 14.5. The van der Waals surface area contributed by atoms with Gasteiger partial charge in [-0.05, 0) is 60.0 Å². The fourth-order valence-corrected chi connectivity index (χ4v) is 3.64. The molecule has 4 nitrogen and oxygen atoms in total. The summed E-state index contributed by atoms with van der Waals surface area (Å²) in [5.41, 5.74) is 4.14. The summed E-state index contributed by atoms with van der Waals surface area (Å²) in [4.78, 5) is 26.6. The van der Waals surface area contributed by atoms with Crippen LogP contribution in [0.2, 0.25) is 5.02 Å². The summed E-state index contributed by atoms with van der Waals surface area (Å²) in [6, 6.07) is 21.7. The van der Waals surface area contributed by atoms with Crippen LogP contribution in [0.1, 0.15) is 27.0 Å². The third-order valence-electron chi connectivity index (χ3n) is 5.02. The van der Waals surface area contributed by atoms with Crippen molar-refractivity contribution in [3.05, 3.63) is 112 Å². The molecule has 0 saturated heterocycles. The predicted octanol–water partition coefficient (Wildman–Crippen LogP) is 5.82. The molecule has 1 aliphatic rings. The number of carboxylic acid groups (broad SMARTS) is 1. The van der Waals surface area contributed by atoms with Crippen LogP contribution in [0.5, 0.6) is 0 Å². The Morgan fingerprint density at radius 1 is 0.967 bits per heavy atom. The number of hydrogen-bond donors (Lipinski definition) is 1. The minimum absolute atomic E-state index is 0.163. The third-order valence-corrected chi connectivity index (χ3v) is 5.27. The van der Waals surface area contributed by atoms with Gasteiger partial charge < -0.3 is 5.11 Å². The second-order valence-corrected chi connectivity index (χ2v) is 7.38. The molecule has 0 spiro atoms. The van der Waals surface area contributed by atoms with Crippen LogP contribution in [0, 0.1) is 6.92 Å². The van der Waals surface area contributed by atoms with E-state index in [-0.39, 0.29) is 11.5 Å². The maximum Gasteiger partial charge on any atom is 0.336 e. The van der Waals surface area contributed by atoms with Crippen molar-refractivity contribution in [2.75, 3.05) is 4.90 Å². The average molecular weight is 416 g/mol. The second-order valence-electron chi connectivity index (χ2n) is 6.94. The number of benzene rings is 3. The molecule has 148 valence electrons. The first-order valence-corrected chi connectivity index (χ1v) is 9.75. The summed E-state index contributed by atoms with van der Waals surface area (Å²) >= 11 is 6.04. The molecule has 30 heavy (non-hydrogen) atoms. The Kier molecular flexibility index (Phi) is 5.25. The molecule has 0 bridgehead atoms. The molecule has 1 N–H and O–H groups in total. The Hall–Kier alpha value is -3.63. The van der Waals surface area contributed by atoms with Crippen molar-refractivity contribution in [1.29, 1.82) is 0 Å². The number of rotatable bonds is 4. The van der Waals surface area contributed by atoms with Gasteiger partial charge in [0.1, 0.15) is 0 Å². The highest BCUT2D eigenvalue weighted by Gasteiger charge is 2.32. The van der Waals surface area contributed by atoms with Crippen LogP contribution in [-0.2, 0) is 4.79 Å². The number of amides is 1. The summed E-state index contributed by atoms with van der Waals surface area (Å²) in [6.07, 6.45) is 3.65. The Bertz CT molecular complexity index is 1190. The highest BCUT2D eigenvalue weighted by Crippen LogP contribution is 2.37. The quantitative estimate of drug-likeness (QED) is 0.546. The molecule has 0 radical (unpaired) electrons. The highest BCUT2D eigenvalue weighted by molar-refractivity contribution is 6.30. The lowest BCUT2D eigenvalue weighted by Gasteiger charge is -2.23. The molecule has 1 aliphatic heterocycles. The van der Waals surface area contributed by atoms with E-state index in [1.54, 1.807) is 36.1 Å². The van der Waals surface area contributed by atoms with E-state index in [0.29, 0.717) is 27.5 Å². The van der Waals surface area contributed by atoms with Gasteiger partial charge in [-0.15, -0.1) is 0 Å². The molecule has 1 heterocycles. The van der Waals surface area contributed by atoms with Crippen LogP contribution in [0.15, 0.2) is 84.4 Å². The minimum atomic E-state index is -1.03. The molecule has 3 aromatic rings. The molecule has 3 aromatic carbocycles. The maximum absolute atomic E-state index is 13.4. The molecule has 0 fully saturated rings. The number of carbonyl (C=O) groups is 2. The smallest absolute Gasteiger partial charge is 0.336 e. The Labute approximate surface area is 179 Å². The van der Waals surface area contributed by atoms with Gasteiger partial charge in [0.05, 0.1) is 16.9 Å². The van der Waals surface area contributed by atoms with Gasteiger partial charge >= 0.3 is 5.97 Å². The Morgan fingerprint density at radius 2 is 1.67 bits per heavy atom. The molecule has 4 rings (SSSR count). The average Bonchev–Trinajstić information content (AvgIpc) is 3.05. The summed E-state index contributed by atoms with van der Waals surface area (Å²) in [6.45, 7) is 1.71. The van der Waals surface area contributed by atoms with Crippen LogP contribution in [0.4, 0.5) is 5.69 Å². The van der Waals surface area contributed by atoms with E-state index in [0.717, 1.165) is 11.1 Å². The van der Waals surface area contributed by atoms with Gasteiger partial charge in [-0.3, -0.25) is 9.69 Å².